The number of imidazole rings is 3. The molecular weight excluding hydrogens is 1540 g/mol. The summed E-state index contributed by atoms with van der Waals surface area (Å²) in [4.78, 5) is 58.3. The highest BCUT2D eigenvalue weighted by Gasteiger charge is 2.49. The van der Waals surface area contributed by atoms with E-state index in [1.165, 1.54) is 112 Å². The molecule has 15 N–H and O–H groups in total. The fourth-order valence-electron chi connectivity index (χ4n) is 21.9. The van der Waals surface area contributed by atoms with E-state index in [4.69, 9.17) is 32.2 Å². The number of nitrogens with zero attached hydrogens (tertiary/aromatic N) is 15. The molecule has 12 aromatic rings. The molecule has 8 fully saturated rings. The minimum atomic E-state index is -0.849. The number of aliphatic hydroxyl groups excluding tert-OH is 6. The fourth-order valence-corrected chi connectivity index (χ4v) is 21.9. The van der Waals surface area contributed by atoms with Crippen LogP contribution in [0.1, 0.15) is 224 Å². The summed E-state index contributed by atoms with van der Waals surface area (Å²) in [5.74, 6) is 7.45. The van der Waals surface area contributed by atoms with Crippen LogP contribution in [0.4, 0.5) is 17.5 Å². The van der Waals surface area contributed by atoms with Crippen LogP contribution in [-0.2, 0) is 35.5 Å². The van der Waals surface area contributed by atoms with Crippen LogP contribution in [0.15, 0.2) is 110 Å². The summed E-state index contributed by atoms with van der Waals surface area (Å²) in [6, 6.07) is 26.9. The molecule has 0 bridgehead atoms. The van der Waals surface area contributed by atoms with Gasteiger partial charge in [-0.1, -0.05) is 73.1 Å². The molecule has 0 amide bonds. The van der Waals surface area contributed by atoms with Crippen LogP contribution in [0.3, 0.4) is 0 Å². The third-order valence-electron chi connectivity index (χ3n) is 30.4. The molecule has 123 heavy (non-hydrogen) atoms. The first kappa shape index (κ1) is 84.8. The summed E-state index contributed by atoms with van der Waals surface area (Å²) >= 11 is 0. The van der Waals surface area contributed by atoms with E-state index < -0.39 is 36.6 Å². The van der Waals surface area contributed by atoms with E-state index in [-0.39, 0.29) is 46.7 Å². The molecule has 656 valence electrons. The van der Waals surface area contributed by atoms with E-state index in [2.05, 4.69) is 184 Å². The van der Waals surface area contributed by atoms with Gasteiger partial charge in [-0.25, -0.2) is 44.9 Å². The van der Waals surface area contributed by atoms with Gasteiger partial charge < -0.3 is 81.4 Å². The van der Waals surface area contributed by atoms with Gasteiger partial charge in [0.15, 0.2) is 0 Å². The van der Waals surface area contributed by atoms with E-state index in [0.717, 1.165) is 144 Å². The van der Waals surface area contributed by atoms with Gasteiger partial charge in [0.1, 0.15) is 89.2 Å². The first-order valence-electron chi connectivity index (χ1n) is 45.9. The summed E-state index contributed by atoms with van der Waals surface area (Å²) in [5, 5.41) is 68.6. The number of nitrogen functional groups attached to an aromatic ring is 3. The lowest BCUT2D eigenvalue weighted by Crippen LogP contribution is -2.51. The van der Waals surface area contributed by atoms with Crippen LogP contribution in [0.25, 0.3) is 66.2 Å². The van der Waals surface area contributed by atoms with Crippen LogP contribution in [0, 0.1) is 41.4 Å². The average Bonchev–Trinajstić information content (AvgIpc) is 1.53. The van der Waals surface area contributed by atoms with Crippen molar-refractivity contribution in [2.45, 2.75) is 286 Å². The molecule has 3 aromatic carbocycles. The number of aromatic nitrogens is 15. The van der Waals surface area contributed by atoms with Crippen LogP contribution < -0.4 is 17.2 Å². The van der Waals surface area contributed by atoms with Gasteiger partial charge in [-0.2, -0.15) is 0 Å². The molecule has 0 saturated heterocycles. The van der Waals surface area contributed by atoms with Gasteiger partial charge in [-0.3, -0.25) is 9.80 Å². The summed E-state index contributed by atoms with van der Waals surface area (Å²) in [7, 11) is 2.16. The maximum Gasteiger partial charge on any atom is 0.145 e. The zero-order valence-electron chi connectivity index (χ0n) is 73.5. The highest BCUT2D eigenvalue weighted by atomic mass is 16.3. The Morgan fingerprint density at radius 2 is 0.829 bits per heavy atom. The molecule has 0 unspecified atom stereocenters. The summed E-state index contributed by atoms with van der Waals surface area (Å²) in [6.45, 7) is 23.8. The predicted molar refractivity (Wildman–Crippen MR) is 483 cm³/mol. The number of fused-ring (bicyclic) bond motifs is 6. The molecule has 20 rings (SSSR count). The maximum atomic E-state index is 11.2. The number of benzene rings is 3. The van der Waals surface area contributed by atoms with E-state index in [0.29, 0.717) is 88.9 Å². The maximum absolute atomic E-state index is 11.2. The second-order valence-corrected chi connectivity index (χ2v) is 41.2. The minimum Gasteiger partial charge on any atom is -0.390 e. The first-order chi connectivity index (χ1) is 58.9. The molecule has 9 heterocycles. The molecule has 8 aliphatic rings. The average molecular weight is 1680 g/mol. The van der Waals surface area contributed by atoms with Gasteiger partial charge in [0.2, 0.25) is 0 Å². The second-order valence-electron chi connectivity index (χ2n) is 41.2. The highest BCUT2D eigenvalue weighted by molar-refractivity contribution is 5.88. The second kappa shape index (κ2) is 34.0. The lowest BCUT2D eigenvalue weighted by Gasteiger charge is -2.46. The van der Waals surface area contributed by atoms with Gasteiger partial charge in [-0.15, -0.1) is 0 Å². The van der Waals surface area contributed by atoms with Crippen molar-refractivity contribution in [1.82, 2.24) is 88.2 Å². The number of aryl methyl sites for hydroxylation is 3. The van der Waals surface area contributed by atoms with Crippen molar-refractivity contribution < 1.29 is 30.6 Å². The highest BCUT2D eigenvalue weighted by Crippen LogP contribution is 2.48. The Bertz CT molecular complexity index is 5690. The smallest absolute Gasteiger partial charge is 0.145 e. The Morgan fingerprint density at radius 1 is 0.447 bits per heavy atom. The Kier molecular flexibility index (Phi) is 23.5. The van der Waals surface area contributed by atoms with Crippen LogP contribution in [-0.4, -0.2) is 213 Å². The standard InChI is InChI=1S/C33H45N7O2.C32H45N7O2.C31H41N7O2/c1-33(2,3)22-7-8-25-26(15-22)38-28(37-25)9-6-20-12-23(13-20)39(16-19-4-5-19)17-21-14-27(30(42)29(21)41)40-11-10-24-31(34)35-18-36-32(24)40;1-18(2)39(16-20-14-26(29(41)28(20)40)38-11-10-23-30(33)34-17-35-31(23)38)22-12-19(13-22)6-9-27-36-24-8-7-21(32(3,4)5)15-25(24)37-27;1-31(9-3-10-31)20-5-6-23-24(15-20)36-26(35-23)7-4-18-12-21(13-18)37(2)16-19-14-25(28(40)27(19)39)38-11-8-22-29(32)33-17-34-30(22)38/h7-8,10-11,15,18-21,23,27,29-30,41-42H,4-6,9,12-14,16-17H2,1-3H3,(H,37,38)(H2,34,35,36);7-8,10-11,15,17-20,22,26,28-29,40-41H,6,9,12-14,16H2,1-5H3,(H,36,37)(H2,33,34,35);5-6,8,11,15,17-19,21,25,27-28,39-40H,3-4,7,9-10,12-14,16H2,1-2H3,(H,35,36)(H2,32,33,34)/t20?,21-,23?,27-,29-,30+;19?,20-,22?,26-,28-,29+;18?,19-,21?,25-,27-,28+/m111/s1. The number of nitrogens with one attached hydrogen (secondary N) is 3. The number of H-pyrrole nitrogens is 3. The van der Waals surface area contributed by atoms with Crippen molar-refractivity contribution >= 4 is 83.7 Å². The van der Waals surface area contributed by atoms with Gasteiger partial charge in [0.25, 0.3) is 0 Å². The number of rotatable bonds is 25. The van der Waals surface area contributed by atoms with Gasteiger partial charge >= 0.3 is 0 Å². The van der Waals surface area contributed by atoms with Crippen molar-refractivity contribution in [3.63, 3.8) is 0 Å². The van der Waals surface area contributed by atoms with E-state index >= 15 is 0 Å². The largest absolute Gasteiger partial charge is 0.390 e. The number of hydrogen-bond acceptors (Lipinski definition) is 21. The fraction of sp³-hybridized carbons (Fsp3) is 0.594. The Labute approximate surface area is 720 Å². The lowest BCUT2D eigenvalue weighted by molar-refractivity contribution is -0.0180. The van der Waals surface area contributed by atoms with Crippen molar-refractivity contribution in [2.24, 2.45) is 41.4 Å². The molecule has 8 saturated carbocycles. The number of nitrogens with two attached hydrogens (primary N) is 3. The molecular formula is C96H131N21O6. The van der Waals surface area contributed by atoms with Crippen LogP contribution in [0.5, 0.6) is 0 Å². The van der Waals surface area contributed by atoms with Gasteiger partial charge in [-0.05, 0) is 235 Å². The molecule has 27 nitrogen and oxygen atoms in total. The zero-order valence-corrected chi connectivity index (χ0v) is 73.5. The minimum absolute atomic E-state index is 0.00307. The molecule has 0 spiro atoms. The van der Waals surface area contributed by atoms with Crippen molar-refractivity contribution in [2.75, 3.05) is 50.4 Å². The quantitative estimate of drug-likeness (QED) is 0.0253. The van der Waals surface area contributed by atoms with Crippen LogP contribution in [0.2, 0.25) is 0 Å². The monoisotopic (exact) mass is 1670 g/mol. The third kappa shape index (κ3) is 17.4. The summed E-state index contributed by atoms with van der Waals surface area (Å²) in [5.41, 5.74) is 31.5. The topological polar surface area (TPSA) is 387 Å². The lowest BCUT2D eigenvalue weighted by atomic mass is 9.66. The molecule has 27 heteroatoms. The molecule has 0 aliphatic heterocycles. The third-order valence-corrected chi connectivity index (χ3v) is 30.4. The Morgan fingerprint density at radius 3 is 1.22 bits per heavy atom. The molecule has 8 aliphatic carbocycles. The number of anilines is 3. The van der Waals surface area contributed by atoms with Crippen LogP contribution >= 0.6 is 0 Å². The summed E-state index contributed by atoms with van der Waals surface area (Å²) in [6.07, 6.45) is 27.3. The normalized spacial score (nSPS) is 28.3. The molecule has 9 aromatic heterocycles. The number of aromatic amines is 3. The van der Waals surface area contributed by atoms with Gasteiger partial charge in [0.05, 0.1) is 85.7 Å². The van der Waals surface area contributed by atoms with Gasteiger partial charge in [0, 0.05) is 106 Å². The van der Waals surface area contributed by atoms with Crippen molar-refractivity contribution in [3.8, 4) is 0 Å². The summed E-state index contributed by atoms with van der Waals surface area (Å²) < 4.78 is 5.89. The molecule has 12 atom stereocenters. The number of hydrogen-bond donors (Lipinski definition) is 12. The first-order valence-corrected chi connectivity index (χ1v) is 45.9. The predicted octanol–water partition coefficient (Wildman–Crippen LogP) is 13.1. The van der Waals surface area contributed by atoms with E-state index in [1.54, 1.807) is 0 Å². The van der Waals surface area contributed by atoms with Crippen molar-refractivity contribution in [3.05, 3.63) is 145 Å². The van der Waals surface area contributed by atoms with E-state index in [1.807, 2.05) is 50.5 Å². The van der Waals surface area contributed by atoms with Crippen molar-refractivity contribution in [1.29, 1.82) is 0 Å². The SMILES string of the molecule is CC(C)(C)c1ccc2nc(CCC3CC(N(CC4CC4)C[C@H]4C[C@@H](n5ccc6c(N)ncnc65)[C@H](O)[C@@H]4O)C3)[nH]c2c1.CC(C)N(C[C@H]1C[C@@H](n2ccc3c(N)ncnc32)[C@H](O)[C@@H]1O)C1CC(CCc2nc3ccc(C(C)(C)C)cc3[nH]2)C1.CN(C[C@H]1C[C@@H](n2ccc3c(N)ncnc32)[C@H](O)[C@@H]1O)C1CC(CCc2nc3ccc(C4(C)CCC4)cc3[nH]2)C1. The number of aliphatic hydroxyl groups is 6. The van der Waals surface area contributed by atoms with E-state index in [9.17, 15) is 30.6 Å². The molecule has 0 radical (unpaired) electrons. The Hall–Kier alpha value is -9.03. The Balaban J connectivity index is 0.000000126. The zero-order chi connectivity index (χ0) is 85.8.